The number of alkyl halides is 1. The Balaban J connectivity index is 2.00. The van der Waals surface area contributed by atoms with Gasteiger partial charge in [-0.25, -0.2) is 0 Å². The fraction of sp³-hybridized carbons (Fsp3) is 0.312. The van der Waals surface area contributed by atoms with E-state index in [0.717, 1.165) is 51.5 Å². The molecule has 0 aliphatic carbocycles. The molecule has 0 fully saturated rings. The molecule has 2 heterocycles. The maximum absolute atomic E-state index is 12.1. The summed E-state index contributed by atoms with van der Waals surface area (Å²) in [6.45, 7) is 2.69. The van der Waals surface area contributed by atoms with Gasteiger partial charge in [0.05, 0.1) is 10.4 Å². The van der Waals surface area contributed by atoms with Gasteiger partial charge in [0.1, 0.15) is 0 Å². The smallest absolute Gasteiger partial charge is 0.251 e. The molecule has 110 valence electrons. The lowest BCUT2D eigenvalue weighted by Crippen LogP contribution is -2.22. The van der Waals surface area contributed by atoms with Crippen molar-refractivity contribution in [1.82, 2.24) is 5.32 Å². The Hall–Kier alpha value is -1.03. The van der Waals surface area contributed by atoms with E-state index in [4.69, 9.17) is 23.2 Å². The van der Waals surface area contributed by atoms with E-state index in [1.54, 1.807) is 11.3 Å². The number of nitrogens with one attached hydrogen (secondary N) is 1. The van der Waals surface area contributed by atoms with Gasteiger partial charge < -0.3 is 5.32 Å². The van der Waals surface area contributed by atoms with Crippen molar-refractivity contribution in [2.24, 2.45) is 0 Å². The monoisotopic (exact) mass is 339 g/mol. The molecule has 1 aromatic heterocycles. The van der Waals surface area contributed by atoms with Crippen LogP contribution in [-0.4, -0.2) is 12.5 Å². The zero-order chi connectivity index (χ0) is 15.0. The first-order chi connectivity index (χ1) is 10.1. The third kappa shape index (κ3) is 2.83. The number of hydrogen-bond donors (Lipinski definition) is 1. The Morgan fingerprint density at radius 3 is 2.90 bits per heavy atom. The van der Waals surface area contributed by atoms with Crippen molar-refractivity contribution in [1.29, 1.82) is 0 Å². The van der Waals surface area contributed by atoms with E-state index >= 15 is 0 Å². The maximum Gasteiger partial charge on any atom is 0.251 e. The Labute approximate surface area is 138 Å². The number of benzene rings is 1. The molecule has 2 aromatic rings. The molecule has 1 unspecified atom stereocenters. The first-order valence-electron chi connectivity index (χ1n) is 6.86. The first kappa shape index (κ1) is 14.9. The largest absolute Gasteiger partial charge is 0.352 e. The van der Waals surface area contributed by atoms with Crippen molar-refractivity contribution >= 4 is 40.4 Å². The molecule has 21 heavy (non-hydrogen) atoms. The number of fused-ring (bicyclic) bond motifs is 1. The van der Waals surface area contributed by atoms with E-state index in [1.165, 1.54) is 0 Å². The second-order valence-corrected chi connectivity index (χ2v) is 6.96. The highest BCUT2D eigenvalue weighted by Gasteiger charge is 2.21. The number of carbonyl (C=O) groups is 1. The molecule has 1 amide bonds. The van der Waals surface area contributed by atoms with Crippen LogP contribution in [0.25, 0.3) is 0 Å². The molecule has 2 nitrogen and oxygen atoms in total. The van der Waals surface area contributed by atoms with Crippen LogP contribution in [0.1, 0.15) is 43.7 Å². The number of thiophene rings is 1. The molecule has 5 heteroatoms. The predicted octanol–water partition coefficient (Wildman–Crippen LogP) is 4.71. The Morgan fingerprint density at radius 2 is 2.19 bits per heavy atom. The molecule has 0 spiro atoms. The number of amides is 1. The first-order valence-corrected chi connectivity index (χ1v) is 8.56. The van der Waals surface area contributed by atoms with Crippen molar-refractivity contribution in [3.8, 4) is 0 Å². The van der Waals surface area contributed by atoms with E-state index in [1.807, 2.05) is 30.5 Å². The van der Waals surface area contributed by atoms with Crippen molar-refractivity contribution in [2.75, 3.05) is 6.54 Å². The highest BCUT2D eigenvalue weighted by atomic mass is 35.5. The maximum atomic E-state index is 12.1. The van der Waals surface area contributed by atoms with E-state index in [9.17, 15) is 4.79 Å². The lowest BCUT2D eigenvalue weighted by molar-refractivity contribution is 0.0956. The molecular weight excluding hydrogens is 325 g/mol. The zero-order valence-electron chi connectivity index (χ0n) is 11.6. The van der Waals surface area contributed by atoms with Crippen LogP contribution >= 0.6 is 34.5 Å². The normalized spacial score (nSPS) is 16.0. The van der Waals surface area contributed by atoms with Crippen molar-refractivity contribution < 1.29 is 4.79 Å². The summed E-state index contributed by atoms with van der Waals surface area (Å²) in [6.07, 6.45) is 1.89. The molecule has 1 aromatic carbocycles. The van der Waals surface area contributed by atoms with E-state index in [0.29, 0.717) is 0 Å². The van der Waals surface area contributed by atoms with E-state index in [-0.39, 0.29) is 11.3 Å². The van der Waals surface area contributed by atoms with Crippen molar-refractivity contribution in [3.05, 3.63) is 55.7 Å². The second kappa shape index (κ2) is 5.99. The summed E-state index contributed by atoms with van der Waals surface area (Å²) in [6, 6.07) is 5.92. The lowest BCUT2D eigenvalue weighted by Gasteiger charge is -2.12. The minimum Gasteiger partial charge on any atom is -0.352 e. The fourth-order valence-corrected chi connectivity index (χ4v) is 4.29. The Bertz CT molecular complexity index is 696. The number of hydrogen-bond acceptors (Lipinski definition) is 2. The van der Waals surface area contributed by atoms with Gasteiger partial charge in [0, 0.05) is 17.0 Å². The minimum atomic E-state index is -0.322. The standard InChI is InChI=1S/C16H15Cl2NOS/c1-9-8-21-15(13(9)17)14(18)11-5-4-10-3-2-6-19-16(20)12(10)7-11/h4-5,7-8,14H,2-3,6H2,1H3,(H,19,20). The van der Waals surface area contributed by atoms with Gasteiger partial charge in [-0.05, 0) is 47.9 Å². The summed E-state index contributed by atoms with van der Waals surface area (Å²) in [7, 11) is 0. The van der Waals surface area contributed by atoms with Gasteiger partial charge in [-0.3, -0.25) is 4.79 Å². The fourth-order valence-electron chi connectivity index (χ4n) is 2.53. The summed E-state index contributed by atoms with van der Waals surface area (Å²) in [5, 5.41) is 5.32. The zero-order valence-corrected chi connectivity index (χ0v) is 13.9. The highest BCUT2D eigenvalue weighted by molar-refractivity contribution is 7.11. The number of halogens is 2. The third-order valence-corrected chi connectivity index (χ3v) is 6.11. The molecule has 1 aliphatic rings. The molecule has 0 bridgehead atoms. The summed E-state index contributed by atoms with van der Waals surface area (Å²) >= 11 is 14.4. The summed E-state index contributed by atoms with van der Waals surface area (Å²) in [4.78, 5) is 13.0. The Kier molecular flexibility index (Phi) is 4.25. The van der Waals surface area contributed by atoms with Crippen LogP contribution in [0.4, 0.5) is 0 Å². The van der Waals surface area contributed by atoms with E-state index in [2.05, 4.69) is 5.32 Å². The molecule has 3 rings (SSSR count). The number of carbonyl (C=O) groups excluding carboxylic acids is 1. The molecule has 0 radical (unpaired) electrons. The van der Waals surface area contributed by atoms with Crippen LogP contribution in [-0.2, 0) is 6.42 Å². The summed E-state index contributed by atoms with van der Waals surface area (Å²) < 4.78 is 0. The topological polar surface area (TPSA) is 29.1 Å². The average molecular weight is 340 g/mol. The summed E-state index contributed by atoms with van der Waals surface area (Å²) in [5.41, 5.74) is 3.78. The van der Waals surface area contributed by atoms with Crippen LogP contribution in [0.5, 0.6) is 0 Å². The highest BCUT2D eigenvalue weighted by Crippen LogP contribution is 2.40. The van der Waals surface area contributed by atoms with E-state index < -0.39 is 0 Å². The van der Waals surface area contributed by atoms with Gasteiger partial charge >= 0.3 is 0 Å². The second-order valence-electron chi connectivity index (χ2n) is 5.24. The molecule has 1 N–H and O–H groups in total. The van der Waals surface area contributed by atoms with Gasteiger partial charge in [0.2, 0.25) is 0 Å². The average Bonchev–Trinajstić information content (AvgIpc) is 2.71. The Morgan fingerprint density at radius 1 is 1.38 bits per heavy atom. The number of rotatable bonds is 2. The van der Waals surface area contributed by atoms with Gasteiger partial charge in [0.25, 0.3) is 5.91 Å². The van der Waals surface area contributed by atoms with Crippen LogP contribution in [0, 0.1) is 6.92 Å². The van der Waals surface area contributed by atoms with Crippen LogP contribution in [0.3, 0.4) is 0 Å². The predicted molar refractivity (Wildman–Crippen MR) is 88.9 cm³/mol. The lowest BCUT2D eigenvalue weighted by atomic mass is 9.99. The molecule has 0 saturated heterocycles. The SMILES string of the molecule is Cc1csc(C(Cl)c2ccc3c(c2)C(=O)NCCC3)c1Cl. The quantitative estimate of drug-likeness (QED) is 0.788. The molecular formula is C16H15Cl2NOS. The van der Waals surface area contributed by atoms with Crippen LogP contribution < -0.4 is 5.32 Å². The number of aryl methyl sites for hydroxylation is 2. The minimum absolute atomic E-state index is 0.0123. The molecule has 1 aliphatic heterocycles. The van der Waals surface area contributed by atoms with Crippen LogP contribution in [0.2, 0.25) is 5.02 Å². The molecule has 0 saturated carbocycles. The van der Waals surface area contributed by atoms with Gasteiger partial charge in [-0.15, -0.1) is 22.9 Å². The third-order valence-electron chi connectivity index (χ3n) is 3.74. The van der Waals surface area contributed by atoms with Crippen molar-refractivity contribution in [2.45, 2.75) is 25.1 Å². The van der Waals surface area contributed by atoms with Crippen molar-refractivity contribution in [3.63, 3.8) is 0 Å². The van der Waals surface area contributed by atoms with Gasteiger partial charge in [-0.1, -0.05) is 23.7 Å². The van der Waals surface area contributed by atoms with Gasteiger partial charge in [-0.2, -0.15) is 0 Å². The van der Waals surface area contributed by atoms with Gasteiger partial charge in [0.15, 0.2) is 0 Å². The summed E-state index contributed by atoms with van der Waals surface area (Å²) in [5.74, 6) is -0.0123. The molecule has 1 atom stereocenters. The van der Waals surface area contributed by atoms with Crippen LogP contribution in [0.15, 0.2) is 23.6 Å².